The average molecular weight is 209 g/mol. The van der Waals surface area contributed by atoms with Gasteiger partial charge in [0.15, 0.2) is 0 Å². The van der Waals surface area contributed by atoms with Gasteiger partial charge in [0.1, 0.15) is 12.4 Å². The number of amides is 1. The molecule has 15 heavy (non-hydrogen) atoms. The van der Waals surface area contributed by atoms with Crippen LogP contribution in [0.3, 0.4) is 0 Å². The summed E-state index contributed by atoms with van der Waals surface area (Å²) < 4.78 is 5.09. The second kappa shape index (κ2) is 5.36. The van der Waals surface area contributed by atoms with Gasteiger partial charge in [0.2, 0.25) is 5.91 Å². The zero-order valence-electron chi connectivity index (χ0n) is 8.91. The molecule has 1 aromatic carbocycles. The van der Waals surface area contributed by atoms with E-state index in [0.29, 0.717) is 11.4 Å². The highest BCUT2D eigenvalue weighted by atomic mass is 16.5. The van der Waals surface area contributed by atoms with Crippen LogP contribution >= 0.6 is 0 Å². The Morgan fingerprint density at radius 1 is 1.53 bits per heavy atom. The van der Waals surface area contributed by atoms with Crippen molar-refractivity contribution in [3.05, 3.63) is 23.8 Å². The number of ether oxygens (including phenoxy) is 1. The Labute approximate surface area is 88.9 Å². The molecule has 0 unspecified atom stereocenters. The van der Waals surface area contributed by atoms with E-state index >= 15 is 0 Å². The van der Waals surface area contributed by atoms with Crippen LogP contribution < -0.4 is 10.1 Å². The Kier molecular flexibility index (Phi) is 4.12. The highest BCUT2D eigenvalue weighted by Crippen LogP contribution is 2.25. The van der Waals surface area contributed by atoms with Crippen LogP contribution in [0.4, 0.5) is 5.69 Å². The molecule has 0 fully saturated rings. The summed E-state index contributed by atoms with van der Waals surface area (Å²) in [6, 6.07) is 5.58. The smallest absolute Gasteiger partial charge is 0.250 e. The standard InChI is InChI=1S/C11H15NO3/c1-3-8-4-5-10(15-2)9(6-8)12-11(14)7-13/h4-6,13H,3,7H2,1-2H3,(H,12,14). The molecule has 0 aliphatic rings. The zero-order valence-corrected chi connectivity index (χ0v) is 8.91. The Morgan fingerprint density at radius 2 is 2.27 bits per heavy atom. The molecular formula is C11H15NO3. The van der Waals surface area contributed by atoms with Gasteiger partial charge in [-0.25, -0.2) is 0 Å². The fourth-order valence-corrected chi connectivity index (χ4v) is 1.26. The summed E-state index contributed by atoms with van der Waals surface area (Å²) in [6.07, 6.45) is 0.881. The van der Waals surface area contributed by atoms with Crippen LogP contribution in [0.2, 0.25) is 0 Å². The monoisotopic (exact) mass is 209 g/mol. The van der Waals surface area contributed by atoms with E-state index in [0.717, 1.165) is 12.0 Å². The summed E-state index contributed by atoms with van der Waals surface area (Å²) in [5, 5.41) is 11.2. The normalized spacial score (nSPS) is 9.80. The van der Waals surface area contributed by atoms with Gasteiger partial charge in [-0.05, 0) is 24.1 Å². The van der Waals surface area contributed by atoms with Crippen molar-refractivity contribution in [1.29, 1.82) is 0 Å². The number of anilines is 1. The number of hydrogen-bond acceptors (Lipinski definition) is 3. The SMILES string of the molecule is CCc1ccc(OC)c(NC(=O)CO)c1. The van der Waals surface area contributed by atoms with E-state index in [1.807, 2.05) is 19.1 Å². The first kappa shape index (κ1) is 11.5. The van der Waals surface area contributed by atoms with Crippen LogP contribution in [0.25, 0.3) is 0 Å². The van der Waals surface area contributed by atoms with Gasteiger partial charge in [-0.1, -0.05) is 13.0 Å². The van der Waals surface area contributed by atoms with E-state index in [-0.39, 0.29) is 0 Å². The molecule has 2 N–H and O–H groups in total. The first-order valence-corrected chi connectivity index (χ1v) is 4.78. The molecule has 0 spiro atoms. The van der Waals surface area contributed by atoms with Gasteiger partial charge < -0.3 is 15.2 Å². The molecule has 0 saturated carbocycles. The number of methoxy groups -OCH3 is 1. The number of rotatable bonds is 4. The molecule has 0 radical (unpaired) electrons. The lowest BCUT2D eigenvalue weighted by Crippen LogP contribution is -2.16. The molecule has 4 heteroatoms. The fraction of sp³-hybridized carbons (Fsp3) is 0.364. The Balaban J connectivity index is 2.95. The highest BCUT2D eigenvalue weighted by Gasteiger charge is 2.06. The highest BCUT2D eigenvalue weighted by molar-refractivity contribution is 5.93. The number of nitrogens with one attached hydrogen (secondary N) is 1. The van der Waals surface area contributed by atoms with E-state index in [4.69, 9.17) is 9.84 Å². The number of hydrogen-bond donors (Lipinski definition) is 2. The van der Waals surface area contributed by atoms with Crippen LogP contribution in [-0.4, -0.2) is 24.7 Å². The van der Waals surface area contributed by atoms with E-state index in [1.54, 1.807) is 6.07 Å². The summed E-state index contributed by atoms with van der Waals surface area (Å²) in [5.41, 5.74) is 1.69. The van der Waals surface area contributed by atoms with Crippen molar-refractivity contribution in [2.24, 2.45) is 0 Å². The molecule has 4 nitrogen and oxygen atoms in total. The lowest BCUT2D eigenvalue weighted by atomic mass is 10.1. The van der Waals surface area contributed by atoms with E-state index in [9.17, 15) is 4.79 Å². The summed E-state index contributed by atoms with van der Waals surface area (Å²) in [6.45, 7) is 1.50. The third kappa shape index (κ3) is 2.95. The Morgan fingerprint density at radius 3 is 2.80 bits per heavy atom. The molecular weight excluding hydrogens is 194 g/mol. The molecule has 0 aromatic heterocycles. The summed E-state index contributed by atoms with van der Waals surface area (Å²) in [4.78, 5) is 11.0. The molecule has 1 aromatic rings. The van der Waals surface area contributed by atoms with Gasteiger partial charge in [-0.2, -0.15) is 0 Å². The van der Waals surface area contributed by atoms with Crippen LogP contribution in [0.5, 0.6) is 5.75 Å². The molecule has 0 aliphatic carbocycles. The Bertz CT molecular complexity index is 350. The molecule has 0 bridgehead atoms. The van der Waals surface area contributed by atoms with Gasteiger partial charge in [0.25, 0.3) is 0 Å². The topological polar surface area (TPSA) is 58.6 Å². The maximum atomic E-state index is 11.0. The fourth-order valence-electron chi connectivity index (χ4n) is 1.26. The number of carbonyl (C=O) groups excluding carboxylic acids is 1. The quantitative estimate of drug-likeness (QED) is 0.783. The first-order valence-electron chi connectivity index (χ1n) is 4.78. The summed E-state index contributed by atoms with van der Waals surface area (Å²) >= 11 is 0. The maximum Gasteiger partial charge on any atom is 0.250 e. The van der Waals surface area contributed by atoms with Crippen molar-refractivity contribution in [2.75, 3.05) is 19.0 Å². The van der Waals surface area contributed by atoms with Gasteiger partial charge in [0, 0.05) is 0 Å². The molecule has 82 valence electrons. The van der Waals surface area contributed by atoms with Crippen molar-refractivity contribution in [1.82, 2.24) is 0 Å². The molecule has 0 saturated heterocycles. The van der Waals surface area contributed by atoms with Crippen LogP contribution in [0.15, 0.2) is 18.2 Å². The van der Waals surface area contributed by atoms with Crippen molar-refractivity contribution in [3.8, 4) is 5.75 Å². The lowest BCUT2D eigenvalue weighted by Gasteiger charge is -2.10. The molecule has 1 amide bonds. The first-order chi connectivity index (χ1) is 7.21. The zero-order chi connectivity index (χ0) is 11.3. The van der Waals surface area contributed by atoms with E-state index < -0.39 is 12.5 Å². The van der Waals surface area contributed by atoms with Gasteiger partial charge in [0.05, 0.1) is 12.8 Å². The Hall–Kier alpha value is -1.55. The second-order valence-corrected chi connectivity index (χ2v) is 3.09. The largest absolute Gasteiger partial charge is 0.495 e. The minimum Gasteiger partial charge on any atom is -0.495 e. The maximum absolute atomic E-state index is 11.0. The van der Waals surface area contributed by atoms with E-state index in [1.165, 1.54) is 7.11 Å². The average Bonchev–Trinajstić information content (AvgIpc) is 2.28. The van der Waals surface area contributed by atoms with Crippen molar-refractivity contribution >= 4 is 11.6 Å². The van der Waals surface area contributed by atoms with E-state index in [2.05, 4.69) is 5.32 Å². The number of carbonyl (C=O) groups is 1. The minimum atomic E-state index is -0.528. The predicted molar refractivity (Wildman–Crippen MR) is 58.1 cm³/mol. The number of aliphatic hydroxyl groups is 1. The van der Waals surface area contributed by atoms with Crippen LogP contribution in [-0.2, 0) is 11.2 Å². The molecule has 0 aliphatic heterocycles. The number of aryl methyl sites for hydroxylation is 1. The molecule has 0 atom stereocenters. The van der Waals surface area contributed by atoms with Crippen molar-refractivity contribution < 1.29 is 14.6 Å². The summed E-state index contributed by atoms with van der Waals surface area (Å²) in [5.74, 6) is 0.149. The van der Waals surface area contributed by atoms with Crippen molar-refractivity contribution in [2.45, 2.75) is 13.3 Å². The third-order valence-electron chi connectivity index (χ3n) is 2.09. The lowest BCUT2D eigenvalue weighted by molar-refractivity contribution is -0.118. The number of aliphatic hydroxyl groups excluding tert-OH is 1. The van der Waals surface area contributed by atoms with Crippen molar-refractivity contribution in [3.63, 3.8) is 0 Å². The van der Waals surface area contributed by atoms with Gasteiger partial charge >= 0.3 is 0 Å². The van der Waals surface area contributed by atoms with Gasteiger partial charge in [-0.15, -0.1) is 0 Å². The third-order valence-corrected chi connectivity index (χ3v) is 2.09. The predicted octanol–water partition coefficient (Wildman–Crippen LogP) is 1.19. The van der Waals surface area contributed by atoms with Gasteiger partial charge in [-0.3, -0.25) is 4.79 Å². The molecule has 0 heterocycles. The minimum absolute atomic E-state index is 0.443. The second-order valence-electron chi connectivity index (χ2n) is 3.09. The van der Waals surface area contributed by atoms with Crippen LogP contribution in [0.1, 0.15) is 12.5 Å². The summed E-state index contributed by atoms with van der Waals surface area (Å²) in [7, 11) is 1.54. The molecule has 1 rings (SSSR count). The van der Waals surface area contributed by atoms with Crippen LogP contribution in [0, 0.1) is 0 Å². The number of benzene rings is 1.